The molecule has 0 aliphatic rings. The summed E-state index contributed by atoms with van der Waals surface area (Å²) in [5.41, 5.74) is 2.90. The Morgan fingerprint density at radius 2 is 1.83 bits per heavy atom. The predicted octanol–water partition coefficient (Wildman–Crippen LogP) is 3.05. The fraction of sp³-hybridized carbons (Fsp3) is 0.0625. The van der Waals surface area contributed by atoms with E-state index >= 15 is 0 Å². The maximum Gasteiger partial charge on any atom is 0.201 e. The first kappa shape index (κ1) is 14.6. The normalized spacial score (nSPS) is 10.9. The van der Waals surface area contributed by atoms with Crippen LogP contribution in [0, 0.1) is 5.82 Å². The molecule has 24 heavy (non-hydrogen) atoms. The molecule has 0 bridgehead atoms. The van der Waals surface area contributed by atoms with Crippen LogP contribution in [0.4, 0.5) is 4.39 Å². The zero-order valence-electron chi connectivity index (χ0n) is 12.4. The Hall–Kier alpha value is -3.00. The van der Waals surface area contributed by atoms with Gasteiger partial charge in [-0.05, 0) is 12.1 Å². The van der Waals surface area contributed by atoms with Crippen LogP contribution in [-0.2, 0) is 6.54 Å². The van der Waals surface area contributed by atoms with Crippen molar-refractivity contribution in [3.05, 3.63) is 65.0 Å². The van der Waals surface area contributed by atoms with Crippen molar-refractivity contribution in [3.8, 4) is 23.2 Å². The zero-order chi connectivity index (χ0) is 16.4. The maximum absolute atomic E-state index is 14.0. The number of hydrogen-bond donors (Lipinski definition) is 0. The molecule has 118 valence electrons. The zero-order valence-corrected chi connectivity index (χ0v) is 13.2. The van der Waals surface area contributed by atoms with Crippen LogP contribution in [-0.4, -0.2) is 29.7 Å². The number of rotatable bonds is 4. The lowest BCUT2D eigenvalue weighted by atomic mass is 10.2. The van der Waals surface area contributed by atoms with Crippen LogP contribution in [0.1, 0.15) is 5.56 Å². The Labute approximate surface area is 140 Å². The summed E-state index contributed by atoms with van der Waals surface area (Å²) >= 11 is 1.46. The first-order chi connectivity index (χ1) is 11.8. The molecule has 0 fully saturated rings. The van der Waals surface area contributed by atoms with Crippen LogP contribution >= 0.6 is 11.3 Å². The van der Waals surface area contributed by atoms with E-state index in [1.165, 1.54) is 17.4 Å². The fourth-order valence-electron chi connectivity index (χ4n) is 2.25. The van der Waals surface area contributed by atoms with Crippen molar-refractivity contribution >= 4 is 11.3 Å². The van der Waals surface area contributed by atoms with Gasteiger partial charge in [0.2, 0.25) is 5.82 Å². The summed E-state index contributed by atoms with van der Waals surface area (Å²) < 4.78 is 15.6. The van der Waals surface area contributed by atoms with Gasteiger partial charge < -0.3 is 0 Å². The highest BCUT2D eigenvalue weighted by Gasteiger charge is 2.17. The smallest absolute Gasteiger partial charge is 0.201 e. The van der Waals surface area contributed by atoms with Gasteiger partial charge in [-0.15, -0.1) is 16.4 Å². The Balaban J connectivity index is 1.81. The van der Waals surface area contributed by atoms with Crippen LogP contribution in [0.5, 0.6) is 0 Å². The molecular weight excluding hydrogens is 327 g/mol. The molecule has 3 heterocycles. The highest BCUT2D eigenvalue weighted by Crippen LogP contribution is 2.21. The van der Waals surface area contributed by atoms with E-state index in [2.05, 4.69) is 25.0 Å². The maximum atomic E-state index is 14.0. The van der Waals surface area contributed by atoms with Crippen LogP contribution in [0.25, 0.3) is 23.2 Å². The van der Waals surface area contributed by atoms with Crippen LogP contribution in [0.2, 0.25) is 0 Å². The lowest BCUT2D eigenvalue weighted by Gasteiger charge is -2.05. The molecule has 0 saturated heterocycles. The second-order valence-electron chi connectivity index (χ2n) is 4.95. The van der Waals surface area contributed by atoms with E-state index in [-0.39, 0.29) is 12.4 Å². The van der Waals surface area contributed by atoms with E-state index in [0.717, 1.165) is 0 Å². The van der Waals surface area contributed by atoms with E-state index in [9.17, 15) is 4.39 Å². The molecule has 6 nitrogen and oxygen atoms in total. The number of aromatic nitrogens is 6. The van der Waals surface area contributed by atoms with E-state index in [1.54, 1.807) is 46.9 Å². The van der Waals surface area contributed by atoms with Crippen molar-refractivity contribution in [2.75, 3.05) is 0 Å². The molecular formula is C16H11FN6S. The second kappa shape index (κ2) is 6.25. The van der Waals surface area contributed by atoms with Gasteiger partial charge >= 0.3 is 0 Å². The minimum Gasteiger partial charge on any atom is -0.241 e. The van der Waals surface area contributed by atoms with Gasteiger partial charge in [-0.25, -0.2) is 29.0 Å². The lowest BCUT2D eigenvalue weighted by molar-refractivity contribution is 0.586. The summed E-state index contributed by atoms with van der Waals surface area (Å²) in [7, 11) is 0. The third kappa shape index (κ3) is 2.79. The third-order valence-corrected chi connectivity index (χ3v) is 3.96. The van der Waals surface area contributed by atoms with Crippen molar-refractivity contribution in [3.63, 3.8) is 0 Å². The van der Waals surface area contributed by atoms with Crippen molar-refractivity contribution in [1.82, 2.24) is 29.7 Å². The summed E-state index contributed by atoms with van der Waals surface area (Å²) in [4.78, 5) is 17.2. The largest absolute Gasteiger partial charge is 0.241 e. The fourth-order valence-corrected chi connectivity index (χ4v) is 2.78. The van der Waals surface area contributed by atoms with Crippen LogP contribution < -0.4 is 0 Å². The number of nitrogens with zero attached hydrogens (tertiary/aromatic N) is 6. The van der Waals surface area contributed by atoms with Crippen molar-refractivity contribution in [2.24, 2.45) is 0 Å². The molecule has 3 aromatic heterocycles. The van der Waals surface area contributed by atoms with Gasteiger partial charge in [0.25, 0.3) is 0 Å². The van der Waals surface area contributed by atoms with Crippen molar-refractivity contribution < 1.29 is 4.39 Å². The van der Waals surface area contributed by atoms with Gasteiger partial charge in [0.1, 0.15) is 11.5 Å². The van der Waals surface area contributed by atoms with Gasteiger partial charge in [-0.2, -0.15) is 0 Å². The molecule has 1 aromatic carbocycles. The van der Waals surface area contributed by atoms with Crippen molar-refractivity contribution in [2.45, 2.75) is 6.54 Å². The summed E-state index contributed by atoms with van der Waals surface area (Å²) in [6.07, 6.45) is 3.26. The molecule has 0 saturated carbocycles. The van der Waals surface area contributed by atoms with E-state index in [1.807, 2.05) is 5.38 Å². The van der Waals surface area contributed by atoms with Crippen molar-refractivity contribution in [1.29, 1.82) is 0 Å². The van der Waals surface area contributed by atoms with E-state index < -0.39 is 0 Å². The van der Waals surface area contributed by atoms with Gasteiger partial charge in [-0.3, -0.25) is 0 Å². The highest BCUT2D eigenvalue weighted by atomic mass is 32.1. The molecule has 4 rings (SSSR count). The number of thiazole rings is 1. The number of halogens is 1. The molecule has 0 spiro atoms. The molecule has 0 aliphatic heterocycles. The monoisotopic (exact) mass is 338 g/mol. The Kier molecular flexibility index (Phi) is 3.80. The molecule has 4 aromatic rings. The minimum absolute atomic E-state index is 0.234. The molecule has 0 unspecified atom stereocenters. The van der Waals surface area contributed by atoms with Gasteiger partial charge in [0, 0.05) is 23.3 Å². The quantitative estimate of drug-likeness (QED) is 0.572. The van der Waals surface area contributed by atoms with Gasteiger partial charge in [0.15, 0.2) is 11.6 Å². The molecule has 0 aliphatic carbocycles. The SMILES string of the molecule is Fc1ccccc1Cn1nc(-c2cscn2)nc1-c1ncccn1. The molecule has 0 atom stereocenters. The Morgan fingerprint density at radius 3 is 2.58 bits per heavy atom. The molecule has 8 heteroatoms. The van der Waals surface area contributed by atoms with E-state index in [4.69, 9.17) is 0 Å². The van der Waals surface area contributed by atoms with Crippen LogP contribution in [0.3, 0.4) is 0 Å². The molecule has 0 radical (unpaired) electrons. The molecule has 0 amide bonds. The number of benzene rings is 1. The standard InChI is InChI=1S/C16H11FN6S/c17-12-5-2-1-4-11(12)8-23-16(15-18-6-3-7-19-15)21-14(22-23)13-9-24-10-20-13/h1-7,9-10H,8H2. The van der Waals surface area contributed by atoms with E-state index in [0.29, 0.717) is 28.7 Å². The van der Waals surface area contributed by atoms with Crippen LogP contribution in [0.15, 0.2) is 53.6 Å². The average molecular weight is 338 g/mol. The lowest BCUT2D eigenvalue weighted by Crippen LogP contribution is -2.07. The molecule has 0 N–H and O–H groups in total. The summed E-state index contributed by atoms with van der Waals surface area (Å²) in [6, 6.07) is 8.31. The first-order valence-electron chi connectivity index (χ1n) is 7.15. The highest BCUT2D eigenvalue weighted by molar-refractivity contribution is 7.07. The summed E-state index contributed by atoms with van der Waals surface area (Å²) in [5.74, 6) is 1.09. The summed E-state index contributed by atoms with van der Waals surface area (Å²) in [5, 5.41) is 6.33. The van der Waals surface area contributed by atoms with Gasteiger partial charge in [0.05, 0.1) is 12.1 Å². The third-order valence-electron chi connectivity index (χ3n) is 3.38. The van der Waals surface area contributed by atoms with Gasteiger partial charge in [-0.1, -0.05) is 18.2 Å². The summed E-state index contributed by atoms with van der Waals surface area (Å²) in [6.45, 7) is 0.234. The first-order valence-corrected chi connectivity index (χ1v) is 8.10. The Morgan fingerprint density at radius 1 is 1.00 bits per heavy atom. The topological polar surface area (TPSA) is 69.4 Å². The predicted molar refractivity (Wildman–Crippen MR) is 87.7 cm³/mol. The second-order valence-corrected chi connectivity index (χ2v) is 5.67. The number of hydrogen-bond acceptors (Lipinski definition) is 6. The minimum atomic E-state index is -0.289. The average Bonchev–Trinajstić information content (AvgIpc) is 3.27. The Bertz CT molecular complexity index is 952.